The Kier molecular flexibility index (Phi) is 3.57. The Morgan fingerprint density at radius 2 is 1.36 bits per heavy atom. The summed E-state index contributed by atoms with van der Waals surface area (Å²) in [7, 11) is 0. The molecule has 0 amide bonds. The SMILES string of the molecule is c1ccc([C@H]2O[n+]3ccccc3S[C@H]2c2ccccc2)cc1. The number of hydrogen-bond donors (Lipinski definition) is 0. The van der Waals surface area contributed by atoms with Crippen LogP contribution in [0.2, 0.25) is 0 Å². The molecule has 108 valence electrons. The maximum absolute atomic E-state index is 6.28. The van der Waals surface area contributed by atoms with Crippen molar-refractivity contribution in [1.29, 1.82) is 0 Å². The number of aromatic nitrogens is 1. The Hall–Kier alpha value is -2.26. The lowest BCUT2D eigenvalue weighted by Crippen LogP contribution is -2.50. The van der Waals surface area contributed by atoms with Crippen molar-refractivity contribution in [2.75, 3.05) is 0 Å². The minimum Gasteiger partial charge on any atom is -0.261 e. The zero-order chi connectivity index (χ0) is 14.8. The number of pyridine rings is 1. The van der Waals surface area contributed by atoms with E-state index in [1.165, 1.54) is 11.1 Å². The van der Waals surface area contributed by atoms with Gasteiger partial charge in [0.15, 0.2) is 0 Å². The molecule has 0 bridgehead atoms. The Morgan fingerprint density at radius 3 is 2.09 bits per heavy atom. The molecule has 3 aromatic rings. The molecule has 2 nitrogen and oxygen atoms in total. The number of fused-ring (bicyclic) bond motifs is 1. The molecule has 4 rings (SSSR count). The van der Waals surface area contributed by atoms with E-state index in [1.54, 1.807) is 0 Å². The molecule has 0 radical (unpaired) electrons. The number of thioether (sulfide) groups is 1. The first-order chi connectivity index (χ1) is 10.9. The molecule has 1 aromatic heterocycles. The van der Waals surface area contributed by atoms with Gasteiger partial charge in [-0.2, -0.15) is 0 Å². The quantitative estimate of drug-likeness (QED) is 0.664. The van der Waals surface area contributed by atoms with Gasteiger partial charge in [0.2, 0.25) is 12.3 Å². The van der Waals surface area contributed by atoms with Crippen molar-refractivity contribution in [2.45, 2.75) is 16.4 Å². The minimum atomic E-state index is -0.00602. The van der Waals surface area contributed by atoms with Crippen LogP contribution >= 0.6 is 11.8 Å². The van der Waals surface area contributed by atoms with Crippen molar-refractivity contribution in [3.8, 4) is 0 Å². The van der Waals surface area contributed by atoms with Crippen molar-refractivity contribution in [3.63, 3.8) is 0 Å². The van der Waals surface area contributed by atoms with E-state index in [1.807, 2.05) is 40.9 Å². The minimum absolute atomic E-state index is 0.00602. The van der Waals surface area contributed by atoms with Crippen LogP contribution in [0.15, 0.2) is 90.1 Å². The zero-order valence-corrected chi connectivity index (χ0v) is 12.8. The molecule has 22 heavy (non-hydrogen) atoms. The molecule has 2 atom stereocenters. The van der Waals surface area contributed by atoms with Crippen LogP contribution in [0, 0.1) is 0 Å². The molecule has 0 N–H and O–H groups in total. The summed E-state index contributed by atoms with van der Waals surface area (Å²) in [5.74, 6) is 0. The van der Waals surface area contributed by atoms with Crippen LogP contribution in [0.3, 0.4) is 0 Å². The second kappa shape index (κ2) is 5.85. The van der Waals surface area contributed by atoms with Crippen LogP contribution in [-0.4, -0.2) is 0 Å². The highest BCUT2D eigenvalue weighted by molar-refractivity contribution is 7.99. The third kappa shape index (κ3) is 2.48. The van der Waals surface area contributed by atoms with Crippen LogP contribution < -0.4 is 9.57 Å². The van der Waals surface area contributed by atoms with Crippen LogP contribution in [-0.2, 0) is 0 Å². The van der Waals surface area contributed by atoms with Gasteiger partial charge < -0.3 is 0 Å². The number of nitrogens with zero attached hydrogens (tertiary/aromatic N) is 1. The van der Waals surface area contributed by atoms with Crippen molar-refractivity contribution in [3.05, 3.63) is 96.2 Å². The second-order valence-electron chi connectivity index (χ2n) is 5.25. The second-order valence-corrected chi connectivity index (χ2v) is 6.41. The molecule has 0 unspecified atom stereocenters. The fraction of sp³-hybridized carbons (Fsp3) is 0.105. The lowest BCUT2D eigenvalue weighted by molar-refractivity contribution is -0.930. The van der Waals surface area contributed by atoms with Gasteiger partial charge in [-0.05, 0) is 23.4 Å². The molecule has 0 saturated carbocycles. The van der Waals surface area contributed by atoms with E-state index in [-0.39, 0.29) is 11.4 Å². The van der Waals surface area contributed by atoms with E-state index in [0.29, 0.717) is 0 Å². The smallest absolute Gasteiger partial charge is 0.261 e. The highest BCUT2D eigenvalue weighted by Crippen LogP contribution is 2.45. The highest BCUT2D eigenvalue weighted by Gasteiger charge is 2.38. The third-order valence-electron chi connectivity index (χ3n) is 3.79. The maximum Gasteiger partial charge on any atom is 0.291 e. The first-order valence-corrected chi connectivity index (χ1v) is 8.24. The van der Waals surface area contributed by atoms with Crippen molar-refractivity contribution >= 4 is 11.8 Å². The molecule has 2 heterocycles. The van der Waals surface area contributed by atoms with Crippen LogP contribution in [0.1, 0.15) is 22.5 Å². The van der Waals surface area contributed by atoms with Gasteiger partial charge >= 0.3 is 0 Å². The maximum atomic E-state index is 6.28. The summed E-state index contributed by atoms with van der Waals surface area (Å²) in [4.78, 5) is 6.28. The molecule has 0 saturated heterocycles. The van der Waals surface area contributed by atoms with Gasteiger partial charge in [0.1, 0.15) is 0 Å². The molecule has 3 heteroatoms. The topological polar surface area (TPSA) is 13.1 Å². The Bertz CT molecular complexity index is 694. The number of rotatable bonds is 2. The van der Waals surface area contributed by atoms with Crippen molar-refractivity contribution < 1.29 is 9.57 Å². The average Bonchev–Trinajstić information content (AvgIpc) is 2.62. The summed E-state index contributed by atoms with van der Waals surface area (Å²) in [5.41, 5.74) is 2.49. The Morgan fingerprint density at radius 1 is 0.727 bits per heavy atom. The summed E-state index contributed by atoms with van der Waals surface area (Å²) in [6.45, 7) is 0. The first kappa shape index (κ1) is 13.4. The molecule has 0 aliphatic carbocycles. The summed E-state index contributed by atoms with van der Waals surface area (Å²) in [5, 5.41) is 1.37. The Balaban J connectivity index is 1.79. The van der Waals surface area contributed by atoms with Gasteiger partial charge in [0.05, 0.1) is 5.25 Å². The van der Waals surface area contributed by atoms with Gasteiger partial charge in [-0.1, -0.05) is 60.7 Å². The summed E-state index contributed by atoms with van der Waals surface area (Å²) in [6.07, 6.45) is 1.97. The molecule has 0 spiro atoms. The summed E-state index contributed by atoms with van der Waals surface area (Å²) < 4.78 is 1.88. The van der Waals surface area contributed by atoms with Crippen LogP contribution in [0.5, 0.6) is 0 Å². The van der Waals surface area contributed by atoms with Gasteiger partial charge in [-0.25, -0.2) is 0 Å². The molecular weight excluding hydrogens is 290 g/mol. The fourth-order valence-electron chi connectivity index (χ4n) is 2.72. The van der Waals surface area contributed by atoms with E-state index in [0.717, 1.165) is 5.03 Å². The van der Waals surface area contributed by atoms with E-state index in [9.17, 15) is 0 Å². The fourth-order valence-corrected chi connectivity index (χ4v) is 3.97. The van der Waals surface area contributed by atoms with E-state index < -0.39 is 0 Å². The normalized spacial score (nSPS) is 20.0. The molecule has 0 fully saturated rings. The lowest BCUT2D eigenvalue weighted by Gasteiger charge is -2.27. The average molecular weight is 306 g/mol. The van der Waals surface area contributed by atoms with Crippen LogP contribution in [0.25, 0.3) is 0 Å². The molecule has 1 aliphatic heterocycles. The highest BCUT2D eigenvalue weighted by atomic mass is 32.2. The summed E-state index contributed by atoms with van der Waals surface area (Å²) >= 11 is 1.85. The first-order valence-electron chi connectivity index (χ1n) is 7.36. The lowest BCUT2D eigenvalue weighted by atomic mass is 10.0. The molecule has 1 aliphatic rings. The predicted octanol–water partition coefficient (Wildman–Crippen LogP) is 3.99. The summed E-state index contributed by atoms with van der Waals surface area (Å²) in [6, 6.07) is 27.2. The van der Waals surface area contributed by atoms with E-state index in [2.05, 4.69) is 60.7 Å². The van der Waals surface area contributed by atoms with Gasteiger partial charge in [0, 0.05) is 22.4 Å². The predicted molar refractivity (Wildman–Crippen MR) is 87.4 cm³/mol. The van der Waals surface area contributed by atoms with Crippen LogP contribution in [0.4, 0.5) is 0 Å². The van der Waals surface area contributed by atoms with E-state index in [4.69, 9.17) is 4.84 Å². The monoisotopic (exact) mass is 306 g/mol. The number of hydrogen-bond acceptors (Lipinski definition) is 2. The Labute approximate surface area is 134 Å². The van der Waals surface area contributed by atoms with Gasteiger partial charge in [-0.15, -0.1) is 0 Å². The standard InChI is InChI=1S/C19H16NOS/c1-3-9-15(10-4-1)18-19(16-11-5-2-6-12-16)22-17-13-7-8-14-20(17)21-18/h1-14,18-19H/q+1/t18-,19+/m1/s1. The largest absolute Gasteiger partial charge is 0.291 e. The van der Waals surface area contributed by atoms with Crippen molar-refractivity contribution in [2.24, 2.45) is 0 Å². The van der Waals surface area contributed by atoms with Gasteiger partial charge in [-0.3, -0.25) is 4.84 Å². The third-order valence-corrected chi connectivity index (χ3v) is 5.13. The zero-order valence-electron chi connectivity index (χ0n) is 12.0. The number of benzene rings is 2. The van der Waals surface area contributed by atoms with Gasteiger partial charge in [0.25, 0.3) is 5.03 Å². The van der Waals surface area contributed by atoms with E-state index >= 15 is 0 Å². The molecule has 2 aromatic carbocycles. The molecular formula is C19H16NOS+. The van der Waals surface area contributed by atoms with Crippen molar-refractivity contribution in [1.82, 2.24) is 0 Å².